The molecule has 0 unspecified atom stereocenters. The standard InChI is InChI=1S/C24H23F3N4O2S/c1-16(32)17-5-7-21(8-6-17)30-9-11-31(12-10-30)22(33)14-20-15-34-23(29-20)28-19-4-2-3-18(13-19)24(25,26)27/h2-8,13,15H,9-12,14H2,1H3,(H,28,29). The number of benzene rings is 2. The molecule has 3 aromatic rings. The highest BCUT2D eigenvalue weighted by atomic mass is 32.1. The van der Waals surface area contributed by atoms with E-state index >= 15 is 0 Å². The Hall–Kier alpha value is -3.40. The van der Waals surface area contributed by atoms with Crippen LogP contribution in [0.1, 0.15) is 28.5 Å². The second-order valence-electron chi connectivity index (χ2n) is 8.00. The fraction of sp³-hybridized carbons (Fsp3) is 0.292. The third kappa shape index (κ3) is 5.74. The Morgan fingerprint density at radius 1 is 1.06 bits per heavy atom. The summed E-state index contributed by atoms with van der Waals surface area (Å²) in [7, 11) is 0. The number of hydrogen-bond donors (Lipinski definition) is 1. The first kappa shape index (κ1) is 23.7. The Morgan fingerprint density at radius 2 is 1.76 bits per heavy atom. The number of carbonyl (C=O) groups excluding carboxylic acids is 2. The smallest absolute Gasteiger partial charge is 0.368 e. The molecule has 0 atom stereocenters. The van der Waals surface area contributed by atoms with Gasteiger partial charge in [-0.05, 0) is 49.4 Å². The summed E-state index contributed by atoms with van der Waals surface area (Å²) in [5, 5.41) is 5.05. The minimum atomic E-state index is -4.42. The summed E-state index contributed by atoms with van der Waals surface area (Å²) < 4.78 is 38.7. The summed E-state index contributed by atoms with van der Waals surface area (Å²) in [4.78, 5) is 32.5. The van der Waals surface area contributed by atoms with Crippen LogP contribution in [0.3, 0.4) is 0 Å². The van der Waals surface area contributed by atoms with Crippen LogP contribution in [-0.4, -0.2) is 47.8 Å². The molecule has 1 aliphatic heterocycles. The Bertz CT molecular complexity index is 1170. The highest BCUT2D eigenvalue weighted by Gasteiger charge is 2.30. The monoisotopic (exact) mass is 488 g/mol. The number of nitrogens with zero attached hydrogens (tertiary/aromatic N) is 3. The number of carbonyl (C=O) groups is 2. The minimum Gasteiger partial charge on any atom is -0.368 e. The van der Waals surface area contributed by atoms with E-state index in [9.17, 15) is 22.8 Å². The van der Waals surface area contributed by atoms with E-state index in [1.807, 2.05) is 24.3 Å². The normalized spacial score (nSPS) is 14.2. The zero-order valence-corrected chi connectivity index (χ0v) is 19.2. The van der Waals surface area contributed by atoms with Crippen LogP contribution < -0.4 is 10.2 Å². The van der Waals surface area contributed by atoms with E-state index in [1.165, 1.54) is 30.4 Å². The maximum Gasteiger partial charge on any atom is 0.416 e. The summed E-state index contributed by atoms with van der Waals surface area (Å²) >= 11 is 1.24. The molecule has 6 nitrogen and oxygen atoms in total. The number of ketones is 1. The molecular weight excluding hydrogens is 465 g/mol. The zero-order valence-electron chi connectivity index (χ0n) is 18.4. The van der Waals surface area contributed by atoms with Crippen molar-refractivity contribution < 1.29 is 22.8 Å². The summed E-state index contributed by atoms with van der Waals surface area (Å²) in [6.45, 7) is 4.06. The van der Waals surface area contributed by atoms with Gasteiger partial charge in [-0.1, -0.05) is 6.07 Å². The highest BCUT2D eigenvalue weighted by molar-refractivity contribution is 7.13. The molecule has 2 aromatic carbocycles. The number of thiazole rings is 1. The molecule has 34 heavy (non-hydrogen) atoms. The van der Waals surface area contributed by atoms with Crippen molar-refractivity contribution in [3.05, 3.63) is 70.7 Å². The van der Waals surface area contributed by atoms with Gasteiger partial charge in [-0.15, -0.1) is 11.3 Å². The topological polar surface area (TPSA) is 65.5 Å². The average Bonchev–Trinajstić information content (AvgIpc) is 3.25. The van der Waals surface area contributed by atoms with E-state index in [0.717, 1.165) is 17.8 Å². The van der Waals surface area contributed by atoms with E-state index in [4.69, 9.17) is 0 Å². The number of halogens is 3. The van der Waals surface area contributed by atoms with Crippen LogP contribution in [0.15, 0.2) is 53.9 Å². The van der Waals surface area contributed by atoms with Gasteiger partial charge in [-0.3, -0.25) is 9.59 Å². The van der Waals surface area contributed by atoms with Gasteiger partial charge in [0.2, 0.25) is 5.91 Å². The number of Topliss-reactive ketones (excluding diaryl/α,β-unsaturated/α-hetero) is 1. The van der Waals surface area contributed by atoms with Gasteiger partial charge >= 0.3 is 6.18 Å². The lowest BCUT2D eigenvalue weighted by molar-refractivity contribution is -0.137. The van der Waals surface area contributed by atoms with Crippen molar-refractivity contribution in [2.75, 3.05) is 36.4 Å². The van der Waals surface area contributed by atoms with Gasteiger partial charge in [0, 0.05) is 48.5 Å². The molecule has 0 radical (unpaired) electrons. The van der Waals surface area contributed by atoms with Crippen LogP contribution in [0.2, 0.25) is 0 Å². The quantitative estimate of drug-likeness (QED) is 0.495. The fourth-order valence-electron chi connectivity index (χ4n) is 3.73. The lowest BCUT2D eigenvalue weighted by Crippen LogP contribution is -2.49. The SMILES string of the molecule is CC(=O)c1ccc(N2CCN(C(=O)Cc3csc(Nc4cccc(C(F)(F)F)c4)n3)CC2)cc1. The number of piperazine rings is 1. The maximum absolute atomic E-state index is 12.9. The molecule has 0 bridgehead atoms. The molecule has 10 heteroatoms. The van der Waals surface area contributed by atoms with Crippen molar-refractivity contribution in [1.82, 2.24) is 9.88 Å². The van der Waals surface area contributed by atoms with Crippen LogP contribution in [0, 0.1) is 0 Å². The van der Waals surface area contributed by atoms with Gasteiger partial charge in [0.05, 0.1) is 17.7 Å². The number of amides is 1. The molecule has 0 aliphatic carbocycles. The van der Waals surface area contributed by atoms with E-state index in [-0.39, 0.29) is 23.8 Å². The highest BCUT2D eigenvalue weighted by Crippen LogP contribution is 2.32. The van der Waals surface area contributed by atoms with Gasteiger partial charge in [0.25, 0.3) is 0 Å². The number of rotatable bonds is 6. The van der Waals surface area contributed by atoms with E-state index in [0.29, 0.717) is 42.6 Å². The number of anilines is 3. The molecule has 0 saturated carbocycles. The van der Waals surface area contributed by atoms with Gasteiger partial charge in [-0.2, -0.15) is 13.2 Å². The summed E-state index contributed by atoms with van der Waals surface area (Å²) in [6, 6.07) is 12.4. The zero-order chi connectivity index (χ0) is 24.3. The largest absolute Gasteiger partial charge is 0.416 e. The average molecular weight is 489 g/mol. The second kappa shape index (κ2) is 9.84. The molecular formula is C24H23F3N4O2S. The maximum atomic E-state index is 12.9. The van der Waals surface area contributed by atoms with Crippen molar-refractivity contribution in [2.24, 2.45) is 0 Å². The van der Waals surface area contributed by atoms with Crippen molar-refractivity contribution in [1.29, 1.82) is 0 Å². The summed E-state index contributed by atoms with van der Waals surface area (Å²) in [5.74, 6) is -0.0142. The molecule has 1 fully saturated rings. The van der Waals surface area contributed by atoms with E-state index in [1.54, 1.807) is 10.3 Å². The summed E-state index contributed by atoms with van der Waals surface area (Å²) in [5.41, 5.74) is 1.81. The third-order valence-corrected chi connectivity index (χ3v) is 6.40. The molecule has 1 N–H and O–H groups in total. The molecule has 178 valence electrons. The van der Waals surface area contributed by atoms with Crippen LogP contribution in [-0.2, 0) is 17.4 Å². The predicted molar refractivity (Wildman–Crippen MR) is 126 cm³/mol. The molecule has 1 amide bonds. The minimum absolute atomic E-state index is 0.0252. The first-order valence-electron chi connectivity index (χ1n) is 10.7. The van der Waals surface area contributed by atoms with Crippen molar-refractivity contribution in [3.8, 4) is 0 Å². The first-order chi connectivity index (χ1) is 16.2. The van der Waals surface area contributed by atoms with Crippen molar-refractivity contribution in [3.63, 3.8) is 0 Å². The lowest BCUT2D eigenvalue weighted by Gasteiger charge is -2.36. The Kier molecular flexibility index (Phi) is 6.87. The van der Waals surface area contributed by atoms with Gasteiger partial charge in [0.15, 0.2) is 10.9 Å². The van der Waals surface area contributed by atoms with Crippen molar-refractivity contribution in [2.45, 2.75) is 19.5 Å². The number of alkyl halides is 3. The summed E-state index contributed by atoms with van der Waals surface area (Å²) in [6.07, 6.45) is -4.28. The molecule has 1 saturated heterocycles. The Labute approximate surface area is 199 Å². The van der Waals surface area contributed by atoms with Gasteiger partial charge in [0.1, 0.15) is 0 Å². The van der Waals surface area contributed by atoms with Crippen LogP contribution in [0.5, 0.6) is 0 Å². The predicted octanol–water partition coefficient (Wildman–Crippen LogP) is 5.00. The van der Waals surface area contributed by atoms with Crippen molar-refractivity contribution >= 4 is 39.5 Å². The van der Waals surface area contributed by atoms with Gasteiger partial charge < -0.3 is 15.1 Å². The fourth-order valence-corrected chi connectivity index (χ4v) is 4.46. The van der Waals surface area contributed by atoms with Crippen LogP contribution in [0.25, 0.3) is 0 Å². The number of aromatic nitrogens is 1. The second-order valence-corrected chi connectivity index (χ2v) is 8.85. The number of nitrogens with one attached hydrogen (secondary N) is 1. The molecule has 0 spiro atoms. The van der Waals surface area contributed by atoms with Gasteiger partial charge in [-0.25, -0.2) is 4.98 Å². The Morgan fingerprint density at radius 3 is 2.41 bits per heavy atom. The van der Waals surface area contributed by atoms with Crippen LogP contribution >= 0.6 is 11.3 Å². The van der Waals surface area contributed by atoms with Crippen LogP contribution in [0.4, 0.5) is 29.7 Å². The first-order valence-corrected chi connectivity index (χ1v) is 11.6. The molecule has 2 heterocycles. The lowest BCUT2D eigenvalue weighted by atomic mass is 10.1. The molecule has 4 rings (SSSR count). The third-order valence-electron chi connectivity index (χ3n) is 5.60. The van der Waals surface area contributed by atoms with E-state index < -0.39 is 11.7 Å². The number of hydrogen-bond acceptors (Lipinski definition) is 6. The Balaban J connectivity index is 1.30. The molecule has 1 aliphatic rings. The van der Waals surface area contributed by atoms with E-state index in [2.05, 4.69) is 15.2 Å². The molecule has 1 aromatic heterocycles.